The number of nitrogens with two attached hydrogens (primary N) is 1. The summed E-state index contributed by atoms with van der Waals surface area (Å²) in [5, 5.41) is 0.816. The van der Waals surface area contributed by atoms with Crippen LogP contribution in [0.5, 0.6) is 0 Å². The molecule has 6 heteroatoms. The molecule has 0 bridgehead atoms. The Morgan fingerprint density at radius 3 is 2.95 bits per heavy atom. The first kappa shape index (κ1) is 12.6. The standard InChI is InChI=1S/C16H13N5O/c1-21-8-11(10-6-9(17)7-18-15(10)21)14-16(22)20-13-5-3-2-4-12(13)19-14/h2-8H,17H2,1H3,(H,20,22). The Hall–Kier alpha value is -3.15. The number of anilines is 1. The molecule has 22 heavy (non-hydrogen) atoms. The Morgan fingerprint density at radius 1 is 1.27 bits per heavy atom. The second-order valence-corrected chi connectivity index (χ2v) is 5.23. The Kier molecular flexibility index (Phi) is 2.53. The van der Waals surface area contributed by atoms with Gasteiger partial charge in [0.05, 0.1) is 22.9 Å². The number of benzene rings is 1. The van der Waals surface area contributed by atoms with E-state index in [4.69, 9.17) is 5.73 Å². The second-order valence-electron chi connectivity index (χ2n) is 5.23. The van der Waals surface area contributed by atoms with E-state index in [0.29, 0.717) is 16.9 Å². The number of aromatic amines is 1. The van der Waals surface area contributed by atoms with E-state index < -0.39 is 0 Å². The van der Waals surface area contributed by atoms with Crippen molar-refractivity contribution in [3.8, 4) is 11.3 Å². The summed E-state index contributed by atoms with van der Waals surface area (Å²) in [6.45, 7) is 0. The van der Waals surface area contributed by atoms with Crippen LogP contribution in [0.3, 0.4) is 0 Å². The minimum atomic E-state index is -0.228. The van der Waals surface area contributed by atoms with Gasteiger partial charge >= 0.3 is 0 Å². The Bertz CT molecular complexity index is 1080. The van der Waals surface area contributed by atoms with Crippen LogP contribution >= 0.6 is 0 Å². The van der Waals surface area contributed by atoms with Gasteiger partial charge in [-0.2, -0.15) is 0 Å². The lowest BCUT2D eigenvalue weighted by atomic mass is 10.1. The molecule has 1 aromatic carbocycles. The minimum Gasteiger partial charge on any atom is -0.397 e. The number of aromatic nitrogens is 4. The van der Waals surface area contributed by atoms with Crippen molar-refractivity contribution < 1.29 is 0 Å². The zero-order valence-electron chi connectivity index (χ0n) is 11.9. The number of nitrogens with zero attached hydrogens (tertiary/aromatic N) is 3. The summed E-state index contributed by atoms with van der Waals surface area (Å²) in [6, 6.07) is 9.26. The van der Waals surface area contributed by atoms with Crippen LogP contribution in [0.2, 0.25) is 0 Å². The third-order valence-corrected chi connectivity index (χ3v) is 3.69. The number of hydrogen-bond acceptors (Lipinski definition) is 4. The molecule has 6 nitrogen and oxygen atoms in total. The normalized spacial score (nSPS) is 11.3. The van der Waals surface area contributed by atoms with Gasteiger partial charge in [-0.3, -0.25) is 4.79 Å². The predicted molar refractivity (Wildman–Crippen MR) is 86.5 cm³/mol. The molecule has 3 aromatic heterocycles. The second kappa shape index (κ2) is 4.42. The van der Waals surface area contributed by atoms with Gasteiger partial charge in [-0.1, -0.05) is 12.1 Å². The molecule has 4 rings (SSSR count). The van der Waals surface area contributed by atoms with Crippen LogP contribution < -0.4 is 11.3 Å². The molecule has 0 saturated heterocycles. The summed E-state index contributed by atoms with van der Waals surface area (Å²) in [5.74, 6) is 0. The number of aryl methyl sites for hydroxylation is 1. The summed E-state index contributed by atoms with van der Waals surface area (Å²) in [7, 11) is 1.88. The van der Waals surface area contributed by atoms with Crippen LogP contribution in [-0.2, 0) is 7.05 Å². The average molecular weight is 291 g/mol. The largest absolute Gasteiger partial charge is 0.397 e. The Labute approximate surface area is 125 Å². The van der Waals surface area contributed by atoms with Crippen LogP contribution in [0.25, 0.3) is 33.3 Å². The van der Waals surface area contributed by atoms with Crippen LogP contribution in [0, 0.1) is 0 Å². The van der Waals surface area contributed by atoms with Gasteiger partial charge in [0.15, 0.2) is 0 Å². The summed E-state index contributed by atoms with van der Waals surface area (Å²) >= 11 is 0. The third-order valence-electron chi connectivity index (χ3n) is 3.69. The maximum atomic E-state index is 12.4. The fourth-order valence-corrected chi connectivity index (χ4v) is 2.68. The highest BCUT2D eigenvalue weighted by atomic mass is 16.1. The molecule has 0 spiro atoms. The van der Waals surface area contributed by atoms with Crippen molar-refractivity contribution >= 4 is 27.8 Å². The lowest BCUT2D eigenvalue weighted by molar-refractivity contribution is 0.949. The number of nitrogens with one attached hydrogen (secondary N) is 1. The quantitative estimate of drug-likeness (QED) is 0.561. The van der Waals surface area contributed by atoms with Gasteiger partial charge in [-0.15, -0.1) is 0 Å². The number of para-hydroxylation sites is 2. The van der Waals surface area contributed by atoms with Crippen molar-refractivity contribution in [2.75, 3.05) is 5.73 Å². The molecular formula is C16H13N5O. The molecule has 4 aromatic rings. The molecule has 0 radical (unpaired) electrons. The number of fused-ring (bicyclic) bond motifs is 2. The topological polar surface area (TPSA) is 89.6 Å². The van der Waals surface area contributed by atoms with Crippen LogP contribution in [0.15, 0.2) is 47.5 Å². The first-order valence-corrected chi connectivity index (χ1v) is 6.83. The van der Waals surface area contributed by atoms with Gasteiger partial charge in [0, 0.05) is 24.2 Å². The molecule has 0 atom stereocenters. The molecule has 0 fully saturated rings. The van der Waals surface area contributed by atoms with Crippen molar-refractivity contribution in [2.45, 2.75) is 0 Å². The van der Waals surface area contributed by atoms with Crippen molar-refractivity contribution in [2.24, 2.45) is 7.05 Å². The van der Waals surface area contributed by atoms with Gasteiger partial charge in [-0.25, -0.2) is 9.97 Å². The van der Waals surface area contributed by atoms with Crippen LogP contribution in [-0.4, -0.2) is 19.5 Å². The summed E-state index contributed by atoms with van der Waals surface area (Å²) < 4.78 is 1.86. The zero-order valence-corrected chi connectivity index (χ0v) is 11.9. The summed E-state index contributed by atoms with van der Waals surface area (Å²) in [5.41, 5.74) is 9.47. The van der Waals surface area contributed by atoms with Gasteiger partial charge in [0.1, 0.15) is 11.3 Å². The number of H-pyrrole nitrogens is 1. The first-order valence-electron chi connectivity index (χ1n) is 6.83. The Morgan fingerprint density at radius 2 is 2.09 bits per heavy atom. The highest BCUT2D eigenvalue weighted by Crippen LogP contribution is 2.27. The molecule has 0 aliphatic rings. The van der Waals surface area contributed by atoms with Crippen LogP contribution in [0.4, 0.5) is 5.69 Å². The van der Waals surface area contributed by atoms with E-state index in [-0.39, 0.29) is 5.56 Å². The van der Waals surface area contributed by atoms with E-state index in [2.05, 4.69) is 15.0 Å². The van der Waals surface area contributed by atoms with E-state index >= 15 is 0 Å². The number of pyridine rings is 1. The van der Waals surface area contributed by atoms with E-state index in [1.807, 2.05) is 48.1 Å². The van der Waals surface area contributed by atoms with E-state index in [0.717, 1.165) is 22.1 Å². The van der Waals surface area contributed by atoms with Crippen LogP contribution in [0.1, 0.15) is 0 Å². The Balaban J connectivity index is 2.09. The third kappa shape index (κ3) is 1.77. The number of rotatable bonds is 1. The van der Waals surface area contributed by atoms with Crippen molar-refractivity contribution in [3.63, 3.8) is 0 Å². The van der Waals surface area contributed by atoms with Crippen molar-refractivity contribution in [1.82, 2.24) is 19.5 Å². The maximum absolute atomic E-state index is 12.4. The van der Waals surface area contributed by atoms with E-state index in [1.54, 1.807) is 6.20 Å². The van der Waals surface area contributed by atoms with Gasteiger partial charge < -0.3 is 15.3 Å². The monoisotopic (exact) mass is 291 g/mol. The predicted octanol–water partition coefficient (Wildman–Crippen LogP) is 2.06. The molecule has 3 heterocycles. The molecule has 3 N–H and O–H groups in total. The van der Waals surface area contributed by atoms with E-state index in [1.165, 1.54) is 0 Å². The summed E-state index contributed by atoms with van der Waals surface area (Å²) in [4.78, 5) is 24.1. The smallest absolute Gasteiger partial charge is 0.275 e. The molecule has 0 saturated carbocycles. The van der Waals surface area contributed by atoms with Gasteiger partial charge in [0.25, 0.3) is 5.56 Å². The molecule has 0 unspecified atom stereocenters. The molecule has 108 valence electrons. The average Bonchev–Trinajstić information content (AvgIpc) is 2.83. The summed E-state index contributed by atoms with van der Waals surface area (Å²) in [6.07, 6.45) is 3.45. The fraction of sp³-hybridized carbons (Fsp3) is 0.0625. The number of nitrogen functional groups attached to an aromatic ring is 1. The zero-order chi connectivity index (χ0) is 15.3. The molecule has 0 aliphatic carbocycles. The number of hydrogen-bond donors (Lipinski definition) is 2. The lowest BCUT2D eigenvalue weighted by Crippen LogP contribution is -2.11. The molecular weight excluding hydrogens is 278 g/mol. The van der Waals surface area contributed by atoms with Crippen molar-refractivity contribution in [1.29, 1.82) is 0 Å². The lowest BCUT2D eigenvalue weighted by Gasteiger charge is -2.01. The maximum Gasteiger partial charge on any atom is 0.275 e. The molecule has 0 amide bonds. The first-order chi connectivity index (χ1) is 10.6. The highest BCUT2D eigenvalue weighted by molar-refractivity contribution is 5.95. The van der Waals surface area contributed by atoms with Gasteiger partial charge in [0.2, 0.25) is 0 Å². The fourth-order valence-electron chi connectivity index (χ4n) is 2.68. The van der Waals surface area contributed by atoms with Gasteiger partial charge in [-0.05, 0) is 18.2 Å². The highest BCUT2D eigenvalue weighted by Gasteiger charge is 2.15. The SMILES string of the molecule is Cn1cc(-c2nc3ccccc3[nH]c2=O)c2cc(N)cnc21. The van der Waals surface area contributed by atoms with Crippen molar-refractivity contribution in [3.05, 3.63) is 53.1 Å². The van der Waals surface area contributed by atoms with E-state index in [9.17, 15) is 4.79 Å². The minimum absolute atomic E-state index is 0.228. The molecule has 0 aliphatic heterocycles.